The van der Waals surface area contributed by atoms with E-state index in [9.17, 15) is 15.0 Å². The van der Waals surface area contributed by atoms with Crippen LogP contribution in [0.4, 0.5) is 5.69 Å². The Morgan fingerprint density at radius 3 is 2.65 bits per heavy atom. The molecule has 2 heterocycles. The molecule has 1 amide bonds. The van der Waals surface area contributed by atoms with Crippen molar-refractivity contribution in [3.05, 3.63) is 23.5 Å². The molecule has 17 heavy (non-hydrogen) atoms. The highest BCUT2D eigenvalue weighted by atomic mass is 16.3. The molecule has 6 nitrogen and oxygen atoms in total. The topological polar surface area (TPSA) is 99.7 Å². The first-order valence-electron chi connectivity index (χ1n) is 5.36. The van der Waals surface area contributed by atoms with Crippen LogP contribution in [-0.2, 0) is 0 Å². The average molecular weight is 237 g/mol. The minimum absolute atomic E-state index is 0.133. The number of aromatic nitrogens is 1. The normalized spacial score (nSPS) is 24.1. The maximum Gasteiger partial charge on any atom is 0.255 e. The van der Waals surface area contributed by atoms with E-state index in [0.29, 0.717) is 16.9 Å². The van der Waals surface area contributed by atoms with Gasteiger partial charge >= 0.3 is 0 Å². The first kappa shape index (κ1) is 11.8. The van der Waals surface area contributed by atoms with E-state index < -0.39 is 12.2 Å². The van der Waals surface area contributed by atoms with Gasteiger partial charge in [0.2, 0.25) is 0 Å². The molecular weight excluding hydrogens is 222 g/mol. The number of nitrogens with two attached hydrogens (primary N) is 1. The zero-order chi connectivity index (χ0) is 12.6. The lowest BCUT2D eigenvalue weighted by molar-refractivity contribution is 0.0572. The van der Waals surface area contributed by atoms with E-state index in [1.165, 1.54) is 11.1 Å². The highest BCUT2D eigenvalue weighted by Crippen LogP contribution is 2.17. The van der Waals surface area contributed by atoms with Crippen LogP contribution < -0.4 is 5.73 Å². The summed E-state index contributed by atoms with van der Waals surface area (Å²) in [5.74, 6) is -0.266. The number of carbonyl (C=O) groups is 1. The van der Waals surface area contributed by atoms with Crippen LogP contribution in [0.5, 0.6) is 0 Å². The number of hydrogen-bond acceptors (Lipinski definition) is 5. The number of β-amino-alcohol motifs (C(OH)–C–C–N with tert-alkyl or cyclic N) is 2. The van der Waals surface area contributed by atoms with E-state index in [-0.39, 0.29) is 19.0 Å². The fourth-order valence-corrected chi connectivity index (χ4v) is 1.87. The molecule has 6 heteroatoms. The molecule has 4 N–H and O–H groups in total. The lowest BCUT2D eigenvalue weighted by Gasteiger charge is -2.16. The molecule has 1 aromatic heterocycles. The summed E-state index contributed by atoms with van der Waals surface area (Å²) in [6.45, 7) is 1.98. The maximum absolute atomic E-state index is 12.1. The standard InChI is InChI=1S/C11H15N3O3/c1-6-8(2-7(12)3-13-6)11(17)14-4-9(15)10(16)5-14/h2-3,9-10,15-16H,4-5,12H2,1H3/t9-,10+. The summed E-state index contributed by atoms with van der Waals surface area (Å²) in [6.07, 6.45) is -0.277. The molecule has 1 aliphatic rings. The molecule has 0 aromatic carbocycles. The molecule has 1 saturated heterocycles. The van der Waals surface area contributed by atoms with Gasteiger partial charge in [-0.3, -0.25) is 9.78 Å². The highest BCUT2D eigenvalue weighted by Gasteiger charge is 2.33. The monoisotopic (exact) mass is 237 g/mol. The van der Waals surface area contributed by atoms with Crippen molar-refractivity contribution in [1.29, 1.82) is 0 Å². The van der Waals surface area contributed by atoms with Gasteiger partial charge in [-0.15, -0.1) is 0 Å². The second kappa shape index (κ2) is 4.31. The second-order valence-corrected chi connectivity index (χ2v) is 4.25. The van der Waals surface area contributed by atoms with Gasteiger partial charge in [0.1, 0.15) is 0 Å². The number of pyridine rings is 1. The van der Waals surface area contributed by atoms with E-state index in [1.807, 2.05) is 0 Å². The number of amides is 1. The minimum atomic E-state index is -0.881. The number of aliphatic hydroxyl groups excluding tert-OH is 2. The fourth-order valence-electron chi connectivity index (χ4n) is 1.87. The molecule has 2 atom stereocenters. The average Bonchev–Trinajstić information content (AvgIpc) is 2.62. The number of aryl methyl sites for hydroxylation is 1. The Hall–Kier alpha value is -1.66. The number of rotatable bonds is 1. The SMILES string of the molecule is Cc1ncc(N)cc1C(=O)N1C[C@@H](O)[C@@H](O)C1. The van der Waals surface area contributed by atoms with Gasteiger partial charge in [0.25, 0.3) is 5.91 Å². The van der Waals surface area contributed by atoms with Crippen LogP contribution in [0.3, 0.4) is 0 Å². The van der Waals surface area contributed by atoms with Gasteiger partial charge in [0.15, 0.2) is 0 Å². The summed E-state index contributed by atoms with van der Waals surface area (Å²) in [5.41, 5.74) is 6.99. The number of nitrogens with zero attached hydrogens (tertiary/aromatic N) is 2. The van der Waals surface area contributed by atoms with Crippen LogP contribution in [-0.4, -0.2) is 51.3 Å². The molecule has 0 radical (unpaired) electrons. The first-order chi connectivity index (χ1) is 7.99. The van der Waals surface area contributed by atoms with Crippen molar-refractivity contribution in [3.63, 3.8) is 0 Å². The third kappa shape index (κ3) is 2.22. The van der Waals surface area contributed by atoms with Gasteiger partial charge in [-0.2, -0.15) is 0 Å². The summed E-state index contributed by atoms with van der Waals surface area (Å²) in [7, 11) is 0. The number of carbonyl (C=O) groups excluding carboxylic acids is 1. The van der Waals surface area contributed by atoms with Gasteiger partial charge in [-0.05, 0) is 13.0 Å². The molecular formula is C11H15N3O3. The van der Waals surface area contributed by atoms with Crippen LogP contribution in [0, 0.1) is 6.92 Å². The summed E-state index contributed by atoms with van der Waals surface area (Å²) in [6, 6.07) is 1.56. The number of anilines is 1. The van der Waals surface area contributed by atoms with Gasteiger partial charge < -0.3 is 20.8 Å². The zero-order valence-corrected chi connectivity index (χ0v) is 9.50. The second-order valence-electron chi connectivity index (χ2n) is 4.25. The number of hydrogen-bond donors (Lipinski definition) is 3. The third-order valence-corrected chi connectivity index (χ3v) is 2.88. The van der Waals surface area contributed by atoms with Crippen molar-refractivity contribution in [2.75, 3.05) is 18.8 Å². The largest absolute Gasteiger partial charge is 0.397 e. The summed E-state index contributed by atoms with van der Waals surface area (Å²) in [5, 5.41) is 18.8. The van der Waals surface area contributed by atoms with Crippen LogP contribution in [0.1, 0.15) is 16.1 Å². The first-order valence-corrected chi connectivity index (χ1v) is 5.36. The minimum Gasteiger partial charge on any atom is -0.397 e. The predicted octanol–water partition coefficient (Wildman–Crippen LogP) is -0.850. The van der Waals surface area contributed by atoms with Crippen LogP contribution >= 0.6 is 0 Å². The Kier molecular flexibility index (Phi) is 2.99. The quantitative estimate of drug-likeness (QED) is 0.591. The smallest absolute Gasteiger partial charge is 0.255 e. The molecule has 0 spiro atoms. The molecule has 1 aromatic rings. The van der Waals surface area contributed by atoms with Crippen molar-refractivity contribution in [2.24, 2.45) is 0 Å². The van der Waals surface area contributed by atoms with Gasteiger partial charge in [0, 0.05) is 13.1 Å². The van der Waals surface area contributed by atoms with E-state index in [4.69, 9.17) is 5.73 Å². The number of aliphatic hydroxyl groups is 2. The Labute approximate surface area is 98.7 Å². The summed E-state index contributed by atoms with van der Waals surface area (Å²) < 4.78 is 0. The van der Waals surface area contributed by atoms with E-state index in [2.05, 4.69) is 4.98 Å². The van der Waals surface area contributed by atoms with E-state index >= 15 is 0 Å². The lowest BCUT2D eigenvalue weighted by Crippen LogP contribution is -2.30. The molecule has 0 aliphatic carbocycles. The van der Waals surface area contributed by atoms with Gasteiger partial charge in [0.05, 0.1) is 35.3 Å². The predicted molar refractivity (Wildman–Crippen MR) is 61.3 cm³/mol. The lowest BCUT2D eigenvalue weighted by atomic mass is 10.1. The molecule has 0 unspecified atom stereocenters. The van der Waals surface area contributed by atoms with Crippen molar-refractivity contribution in [1.82, 2.24) is 9.88 Å². The van der Waals surface area contributed by atoms with E-state index in [0.717, 1.165) is 0 Å². The third-order valence-electron chi connectivity index (χ3n) is 2.88. The Bertz CT molecular complexity index is 440. The van der Waals surface area contributed by atoms with Crippen LogP contribution in [0.2, 0.25) is 0 Å². The number of likely N-dealkylation sites (tertiary alicyclic amines) is 1. The Balaban J connectivity index is 2.23. The van der Waals surface area contributed by atoms with Crippen molar-refractivity contribution < 1.29 is 15.0 Å². The molecule has 1 fully saturated rings. The Morgan fingerprint density at radius 1 is 1.47 bits per heavy atom. The molecule has 0 bridgehead atoms. The van der Waals surface area contributed by atoms with Crippen molar-refractivity contribution in [2.45, 2.75) is 19.1 Å². The Morgan fingerprint density at radius 2 is 2.06 bits per heavy atom. The maximum atomic E-state index is 12.1. The summed E-state index contributed by atoms with van der Waals surface area (Å²) >= 11 is 0. The van der Waals surface area contributed by atoms with Gasteiger partial charge in [-0.1, -0.05) is 0 Å². The fraction of sp³-hybridized carbons (Fsp3) is 0.455. The molecule has 1 aliphatic heterocycles. The van der Waals surface area contributed by atoms with Crippen LogP contribution in [0.15, 0.2) is 12.3 Å². The van der Waals surface area contributed by atoms with Crippen molar-refractivity contribution >= 4 is 11.6 Å². The zero-order valence-electron chi connectivity index (χ0n) is 9.50. The number of nitrogen functional groups attached to an aromatic ring is 1. The molecule has 0 saturated carbocycles. The highest BCUT2D eigenvalue weighted by molar-refractivity contribution is 5.96. The molecule has 92 valence electrons. The summed E-state index contributed by atoms with van der Waals surface area (Å²) in [4.78, 5) is 17.5. The van der Waals surface area contributed by atoms with Crippen molar-refractivity contribution in [3.8, 4) is 0 Å². The van der Waals surface area contributed by atoms with E-state index in [1.54, 1.807) is 13.0 Å². The van der Waals surface area contributed by atoms with Gasteiger partial charge in [-0.25, -0.2) is 0 Å². The molecule has 2 rings (SSSR count). The van der Waals surface area contributed by atoms with Crippen LogP contribution in [0.25, 0.3) is 0 Å².